The second-order valence-electron chi connectivity index (χ2n) is 10.8. The van der Waals surface area contributed by atoms with E-state index in [0.29, 0.717) is 56.9 Å². The summed E-state index contributed by atoms with van der Waals surface area (Å²) in [6.07, 6.45) is 3.94. The van der Waals surface area contributed by atoms with Gasteiger partial charge in [-0.25, -0.2) is 4.98 Å². The van der Waals surface area contributed by atoms with Crippen LogP contribution in [-0.2, 0) is 0 Å². The molecule has 186 valence electrons. The number of nitrogens with one attached hydrogen (secondary N) is 1. The molecule has 0 aliphatic carbocycles. The fourth-order valence-electron chi connectivity index (χ4n) is 5.53. The number of Topliss-reactive ketones (excluding diaryl/α,β-unsaturated/α-hetero) is 1. The Morgan fingerprint density at radius 1 is 1.11 bits per heavy atom. The molecule has 4 rings (SSSR count). The number of piperidine rings is 1. The number of nitrogens with two attached hydrogens (primary N) is 1. The number of aromatic nitrogens is 1. The molecular formula is C29H31ClN4O2. The van der Waals surface area contributed by atoms with Crippen LogP contribution in [0.5, 0.6) is 11.5 Å². The number of ketones is 1. The SMILES string of the molecule is CC1(C)CC(CC(=O)c2ccc(Oc3cccc(-c4cccnc4N)c3C#N)c(Cl)c2)CC(C)(C)N1. The van der Waals surface area contributed by atoms with Crippen LogP contribution in [-0.4, -0.2) is 21.8 Å². The summed E-state index contributed by atoms with van der Waals surface area (Å²) in [6.45, 7) is 8.73. The minimum atomic E-state index is -0.0184. The number of anilines is 1. The first kappa shape index (κ1) is 25.7. The second-order valence-corrected chi connectivity index (χ2v) is 11.2. The molecule has 36 heavy (non-hydrogen) atoms. The standard InChI is InChI=1S/C29H31ClN4O2/c1-28(2)15-18(16-29(3,4)34-28)13-24(35)19-10-11-26(23(30)14-19)36-25-9-5-7-20(22(25)17-31)21-8-6-12-33-27(21)32/h5-12,14,18,34H,13,15-16H2,1-4H3,(H2,32,33). The van der Waals surface area contributed by atoms with Gasteiger partial charge in [0.15, 0.2) is 5.78 Å². The van der Waals surface area contributed by atoms with Gasteiger partial charge < -0.3 is 15.8 Å². The Bertz CT molecular complexity index is 1330. The zero-order valence-corrected chi connectivity index (χ0v) is 21.8. The van der Waals surface area contributed by atoms with E-state index in [1.807, 2.05) is 0 Å². The van der Waals surface area contributed by atoms with Gasteiger partial charge in [-0.3, -0.25) is 4.79 Å². The van der Waals surface area contributed by atoms with Crippen LogP contribution in [0.1, 0.15) is 62.9 Å². The number of hydrogen-bond acceptors (Lipinski definition) is 6. The topological polar surface area (TPSA) is 101 Å². The molecule has 7 heteroatoms. The second kappa shape index (κ2) is 9.93. The molecular weight excluding hydrogens is 472 g/mol. The van der Waals surface area contributed by atoms with E-state index in [-0.39, 0.29) is 16.9 Å². The van der Waals surface area contributed by atoms with Crippen LogP contribution >= 0.6 is 11.6 Å². The van der Waals surface area contributed by atoms with E-state index in [1.54, 1.807) is 54.7 Å². The highest BCUT2D eigenvalue weighted by Crippen LogP contribution is 2.38. The van der Waals surface area contributed by atoms with Crippen LogP contribution in [0.2, 0.25) is 5.02 Å². The third-order valence-corrected chi connectivity index (χ3v) is 6.78. The van der Waals surface area contributed by atoms with Gasteiger partial charge in [-0.2, -0.15) is 5.26 Å². The molecule has 0 bridgehead atoms. The highest BCUT2D eigenvalue weighted by atomic mass is 35.5. The van der Waals surface area contributed by atoms with Gasteiger partial charge in [0.1, 0.15) is 28.9 Å². The lowest BCUT2D eigenvalue weighted by atomic mass is 9.74. The molecule has 0 saturated carbocycles. The first-order valence-corrected chi connectivity index (χ1v) is 12.4. The number of carbonyl (C=O) groups is 1. The Morgan fingerprint density at radius 2 is 1.81 bits per heavy atom. The van der Waals surface area contributed by atoms with Crippen molar-refractivity contribution in [3.05, 3.63) is 70.9 Å². The summed E-state index contributed by atoms with van der Waals surface area (Å²) in [5.74, 6) is 1.39. The van der Waals surface area contributed by atoms with E-state index < -0.39 is 0 Å². The quantitative estimate of drug-likeness (QED) is 0.360. The maximum atomic E-state index is 13.1. The number of halogens is 1. The smallest absolute Gasteiger partial charge is 0.163 e. The normalized spacial score (nSPS) is 16.8. The Balaban J connectivity index is 1.54. The summed E-state index contributed by atoms with van der Waals surface area (Å²) >= 11 is 6.53. The van der Waals surface area contributed by atoms with Gasteiger partial charge in [0.05, 0.1) is 5.02 Å². The molecule has 1 aliphatic heterocycles. The molecule has 1 saturated heterocycles. The van der Waals surface area contributed by atoms with Crippen molar-refractivity contribution in [3.8, 4) is 28.7 Å². The van der Waals surface area contributed by atoms with Crippen LogP contribution in [0.15, 0.2) is 54.7 Å². The third-order valence-electron chi connectivity index (χ3n) is 6.49. The Labute approximate surface area is 217 Å². The minimum Gasteiger partial charge on any atom is -0.454 e. The summed E-state index contributed by atoms with van der Waals surface area (Å²) in [4.78, 5) is 17.2. The number of rotatable bonds is 6. The van der Waals surface area contributed by atoms with Gasteiger partial charge in [0, 0.05) is 40.4 Å². The summed E-state index contributed by atoms with van der Waals surface area (Å²) < 4.78 is 6.04. The molecule has 0 radical (unpaired) electrons. The van der Waals surface area contributed by atoms with Crippen molar-refractivity contribution in [2.75, 3.05) is 5.73 Å². The number of nitrogens with zero attached hydrogens (tertiary/aromatic N) is 2. The van der Waals surface area contributed by atoms with Gasteiger partial charge in [-0.05, 0) is 82.9 Å². The zero-order valence-electron chi connectivity index (χ0n) is 21.1. The molecule has 2 aromatic carbocycles. The van der Waals surface area contributed by atoms with Gasteiger partial charge >= 0.3 is 0 Å². The maximum absolute atomic E-state index is 13.1. The zero-order chi connectivity index (χ0) is 26.1. The average Bonchev–Trinajstić information content (AvgIpc) is 2.78. The Morgan fingerprint density at radius 3 is 2.44 bits per heavy atom. The summed E-state index contributed by atoms with van der Waals surface area (Å²) in [5, 5.41) is 13.8. The van der Waals surface area contributed by atoms with Crippen LogP contribution in [0.25, 0.3) is 11.1 Å². The van der Waals surface area contributed by atoms with Crippen LogP contribution in [0.3, 0.4) is 0 Å². The van der Waals surface area contributed by atoms with E-state index in [1.165, 1.54) is 0 Å². The largest absolute Gasteiger partial charge is 0.454 e. The van der Waals surface area contributed by atoms with Crippen LogP contribution in [0, 0.1) is 17.2 Å². The summed E-state index contributed by atoms with van der Waals surface area (Å²) in [7, 11) is 0. The molecule has 1 fully saturated rings. The van der Waals surface area contributed by atoms with Crippen molar-refractivity contribution in [3.63, 3.8) is 0 Å². The predicted molar refractivity (Wildman–Crippen MR) is 143 cm³/mol. The van der Waals surface area contributed by atoms with E-state index in [9.17, 15) is 10.1 Å². The van der Waals surface area contributed by atoms with Crippen molar-refractivity contribution in [2.45, 2.75) is 58.0 Å². The van der Waals surface area contributed by atoms with Gasteiger partial charge in [0.25, 0.3) is 0 Å². The van der Waals surface area contributed by atoms with Crippen LogP contribution < -0.4 is 15.8 Å². The fourth-order valence-corrected chi connectivity index (χ4v) is 5.75. The molecule has 3 N–H and O–H groups in total. The molecule has 6 nitrogen and oxygen atoms in total. The van der Waals surface area contributed by atoms with E-state index in [2.05, 4.69) is 44.1 Å². The molecule has 0 amide bonds. The molecule has 0 atom stereocenters. The van der Waals surface area contributed by atoms with Crippen LogP contribution in [0.4, 0.5) is 5.82 Å². The number of hydrogen-bond donors (Lipinski definition) is 2. The molecule has 1 aliphatic rings. The highest BCUT2D eigenvalue weighted by molar-refractivity contribution is 6.32. The maximum Gasteiger partial charge on any atom is 0.163 e. The Hall–Kier alpha value is -3.40. The molecule has 0 unspecified atom stereocenters. The molecule has 2 heterocycles. The van der Waals surface area contributed by atoms with Crippen molar-refractivity contribution < 1.29 is 9.53 Å². The number of ether oxygens (including phenoxy) is 1. The van der Waals surface area contributed by atoms with E-state index in [4.69, 9.17) is 22.1 Å². The fraction of sp³-hybridized carbons (Fsp3) is 0.345. The lowest BCUT2D eigenvalue weighted by Gasteiger charge is -2.46. The first-order valence-electron chi connectivity index (χ1n) is 12.0. The van der Waals surface area contributed by atoms with Crippen molar-refractivity contribution in [1.82, 2.24) is 10.3 Å². The van der Waals surface area contributed by atoms with Crippen molar-refractivity contribution >= 4 is 23.2 Å². The number of pyridine rings is 1. The number of carbonyl (C=O) groups excluding carboxylic acids is 1. The van der Waals surface area contributed by atoms with Crippen molar-refractivity contribution in [1.29, 1.82) is 5.26 Å². The van der Waals surface area contributed by atoms with Gasteiger partial charge in [-0.1, -0.05) is 23.7 Å². The molecule has 0 spiro atoms. The minimum absolute atomic E-state index is 0.0184. The van der Waals surface area contributed by atoms with E-state index in [0.717, 1.165) is 12.8 Å². The number of nitriles is 1. The monoisotopic (exact) mass is 502 g/mol. The third kappa shape index (κ3) is 5.70. The number of benzene rings is 2. The van der Waals surface area contributed by atoms with Gasteiger partial charge in [-0.15, -0.1) is 0 Å². The van der Waals surface area contributed by atoms with Crippen molar-refractivity contribution in [2.24, 2.45) is 5.92 Å². The summed E-state index contributed by atoms with van der Waals surface area (Å²) in [6, 6.07) is 16.1. The lowest BCUT2D eigenvalue weighted by Crippen LogP contribution is -2.57. The lowest BCUT2D eigenvalue weighted by molar-refractivity contribution is 0.0864. The molecule has 1 aromatic heterocycles. The molecule has 3 aromatic rings. The predicted octanol–water partition coefficient (Wildman–Crippen LogP) is 6.78. The first-order chi connectivity index (χ1) is 17.0. The number of nitrogen functional groups attached to an aromatic ring is 1. The van der Waals surface area contributed by atoms with Gasteiger partial charge in [0.2, 0.25) is 0 Å². The average molecular weight is 503 g/mol. The summed E-state index contributed by atoms with van der Waals surface area (Å²) in [5.41, 5.74) is 8.14. The van der Waals surface area contributed by atoms with E-state index >= 15 is 0 Å². The highest BCUT2D eigenvalue weighted by Gasteiger charge is 2.38. The Kier molecular flexibility index (Phi) is 7.08.